The van der Waals surface area contributed by atoms with Crippen LogP contribution in [0.5, 0.6) is 5.75 Å². The maximum Gasteiger partial charge on any atom is 0.122 e. The quantitative estimate of drug-likeness (QED) is 0.725. The number of benzene rings is 1. The first-order chi connectivity index (χ1) is 7.22. The molecule has 0 unspecified atom stereocenters. The fourth-order valence-corrected chi connectivity index (χ4v) is 1.84. The van der Waals surface area contributed by atoms with Gasteiger partial charge in [-0.3, -0.25) is 0 Å². The molecule has 0 bridgehead atoms. The van der Waals surface area contributed by atoms with E-state index in [9.17, 15) is 0 Å². The van der Waals surface area contributed by atoms with E-state index in [2.05, 4.69) is 32.1 Å². The monoisotopic (exact) mass is 202 g/mol. The topological polar surface area (TPSA) is 9.23 Å². The molecule has 1 aliphatic carbocycles. The van der Waals surface area contributed by atoms with E-state index < -0.39 is 0 Å². The van der Waals surface area contributed by atoms with Crippen LogP contribution in [0.25, 0.3) is 6.08 Å². The highest BCUT2D eigenvalue weighted by Crippen LogP contribution is 2.32. The third-order valence-electron chi connectivity index (χ3n) is 3.06. The van der Waals surface area contributed by atoms with Crippen LogP contribution in [0.15, 0.2) is 18.2 Å². The van der Waals surface area contributed by atoms with E-state index >= 15 is 0 Å². The molecule has 0 spiro atoms. The Labute approximate surface area is 91.8 Å². The van der Waals surface area contributed by atoms with Crippen LogP contribution in [-0.4, -0.2) is 7.11 Å². The molecule has 0 atom stereocenters. The molecule has 15 heavy (non-hydrogen) atoms. The molecule has 0 aliphatic heterocycles. The van der Waals surface area contributed by atoms with Crippen LogP contribution in [0.2, 0.25) is 0 Å². The first-order valence-corrected chi connectivity index (χ1v) is 5.54. The predicted molar refractivity (Wildman–Crippen MR) is 64.2 cm³/mol. The highest BCUT2D eigenvalue weighted by molar-refractivity contribution is 5.61. The summed E-state index contributed by atoms with van der Waals surface area (Å²) in [6, 6.07) is 4.16. The molecule has 0 N–H and O–H groups in total. The Morgan fingerprint density at radius 3 is 2.60 bits per heavy atom. The number of ether oxygens (including phenoxy) is 1. The molecule has 0 radical (unpaired) electrons. The Morgan fingerprint density at radius 2 is 2.00 bits per heavy atom. The minimum Gasteiger partial charge on any atom is -0.496 e. The zero-order valence-corrected chi connectivity index (χ0v) is 9.71. The summed E-state index contributed by atoms with van der Waals surface area (Å²) in [6.07, 6.45) is 7.30. The molecule has 1 heteroatoms. The van der Waals surface area contributed by atoms with E-state index in [0.717, 1.165) is 11.7 Å². The Hall–Kier alpha value is -1.24. The van der Waals surface area contributed by atoms with Crippen LogP contribution >= 0.6 is 0 Å². The number of methoxy groups -OCH3 is 1. The summed E-state index contributed by atoms with van der Waals surface area (Å²) in [6.45, 7) is 4.28. The van der Waals surface area contributed by atoms with Crippen LogP contribution in [0.3, 0.4) is 0 Å². The van der Waals surface area contributed by atoms with Crippen molar-refractivity contribution in [2.24, 2.45) is 5.92 Å². The van der Waals surface area contributed by atoms with Crippen LogP contribution in [0, 0.1) is 19.8 Å². The van der Waals surface area contributed by atoms with Crippen molar-refractivity contribution >= 4 is 6.08 Å². The van der Waals surface area contributed by atoms with E-state index in [1.54, 1.807) is 7.11 Å². The average Bonchev–Trinajstić information content (AvgIpc) is 3.02. The van der Waals surface area contributed by atoms with Crippen molar-refractivity contribution < 1.29 is 4.74 Å². The van der Waals surface area contributed by atoms with Gasteiger partial charge >= 0.3 is 0 Å². The molecule has 1 saturated carbocycles. The van der Waals surface area contributed by atoms with Gasteiger partial charge in [0.1, 0.15) is 5.75 Å². The Kier molecular flexibility index (Phi) is 2.81. The molecule has 1 fully saturated rings. The SMILES string of the molecule is COc1ccc(C)c(/C=C\C2CC2)c1C. The van der Waals surface area contributed by atoms with E-state index in [4.69, 9.17) is 4.74 Å². The third-order valence-corrected chi connectivity index (χ3v) is 3.06. The predicted octanol–water partition coefficient (Wildman–Crippen LogP) is 3.74. The third kappa shape index (κ3) is 2.23. The van der Waals surface area contributed by atoms with Crippen LogP contribution < -0.4 is 4.74 Å². The first-order valence-electron chi connectivity index (χ1n) is 5.54. The molecule has 0 amide bonds. The largest absolute Gasteiger partial charge is 0.496 e. The second kappa shape index (κ2) is 4.09. The van der Waals surface area contributed by atoms with Crippen molar-refractivity contribution in [2.45, 2.75) is 26.7 Å². The van der Waals surface area contributed by atoms with Gasteiger partial charge in [0.25, 0.3) is 0 Å². The van der Waals surface area contributed by atoms with Crippen LogP contribution in [0.1, 0.15) is 29.5 Å². The zero-order valence-electron chi connectivity index (χ0n) is 9.71. The fourth-order valence-electron chi connectivity index (χ4n) is 1.84. The lowest BCUT2D eigenvalue weighted by atomic mass is 10.0. The minimum absolute atomic E-state index is 0.829. The summed E-state index contributed by atoms with van der Waals surface area (Å²) < 4.78 is 5.33. The summed E-state index contributed by atoms with van der Waals surface area (Å²) in [7, 11) is 1.73. The lowest BCUT2D eigenvalue weighted by Gasteiger charge is -2.10. The molecule has 80 valence electrons. The maximum absolute atomic E-state index is 5.33. The fraction of sp³-hybridized carbons (Fsp3) is 0.429. The highest BCUT2D eigenvalue weighted by atomic mass is 16.5. The van der Waals surface area contributed by atoms with Crippen molar-refractivity contribution in [3.8, 4) is 5.75 Å². The second-order valence-electron chi connectivity index (χ2n) is 4.32. The lowest BCUT2D eigenvalue weighted by molar-refractivity contribution is 0.411. The molecular weight excluding hydrogens is 184 g/mol. The Bertz CT molecular complexity index is 387. The zero-order chi connectivity index (χ0) is 10.8. The van der Waals surface area contributed by atoms with Gasteiger partial charge in [0, 0.05) is 0 Å². The molecule has 2 rings (SSSR count). The van der Waals surface area contributed by atoms with Gasteiger partial charge in [-0.05, 0) is 55.4 Å². The molecular formula is C14H18O. The summed E-state index contributed by atoms with van der Waals surface area (Å²) in [5, 5.41) is 0. The number of aryl methyl sites for hydroxylation is 1. The number of hydrogen-bond acceptors (Lipinski definition) is 1. The molecule has 1 aromatic carbocycles. The summed E-state index contributed by atoms with van der Waals surface area (Å²) >= 11 is 0. The highest BCUT2D eigenvalue weighted by Gasteiger charge is 2.17. The van der Waals surface area contributed by atoms with Gasteiger partial charge in [0.05, 0.1) is 7.11 Å². The second-order valence-corrected chi connectivity index (χ2v) is 4.32. The van der Waals surface area contributed by atoms with Crippen molar-refractivity contribution in [1.29, 1.82) is 0 Å². The normalized spacial score (nSPS) is 15.9. The van der Waals surface area contributed by atoms with E-state index in [1.807, 2.05) is 6.07 Å². The first kappa shape index (κ1) is 10.3. The Balaban J connectivity index is 2.34. The molecule has 1 aliphatic rings. The summed E-state index contributed by atoms with van der Waals surface area (Å²) in [4.78, 5) is 0. The van der Waals surface area contributed by atoms with E-state index in [0.29, 0.717) is 0 Å². The van der Waals surface area contributed by atoms with Crippen molar-refractivity contribution in [3.63, 3.8) is 0 Å². The molecule has 1 aromatic rings. The van der Waals surface area contributed by atoms with Gasteiger partial charge in [-0.1, -0.05) is 18.2 Å². The molecule has 0 aromatic heterocycles. The van der Waals surface area contributed by atoms with Gasteiger partial charge in [-0.15, -0.1) is 0 Å². The van der Waals surface area contributed by atoms with E-state index in [1.165, 1.54) is 29.5 Å². The van der Waals surface area contributed by atoms with Crippen molar-refractivity contribution in [3.05, 3.63) is 34.9 Å². The number of hydrogen-bond donors (Lipinski definition) is 0. The number of rotatable bonds is 3. The van der Waals surface area contributed by atoms with Crippen LogP contribution in [0.4, 0.5) is 0 Å². The average molecular weight is 202 g/mol. The summed E-state index contributed by atoms with van der Waals surface area (Å²) in [5.74, 6) is 1.81. The van der Waals surface area contributed by atoms with Gasteiger partial charge in [-0.2, -0.15) is 0 Å². The van der Waals surface area contributed by atoms with E-state index in [-0.39, 0.29) is 0 Å². The molecule has 1 nitrogen and oxygen atoms in total. The van der Waals surface area contributed by atoms with Crippen molar-refractivity contribution in [1.82, 2.24) is 0 Å². The van der Waals surface area contributed by atoms with Crippen LogP contribution in [-0.2, 0) is 0 Å². The maximum atomic E-state index is 5.33. The van der Waals surface area contributed by atoms with Gasteiger partial charge in [-0.25, -0.2) is 0 Å². The number of allylic oxidation sites excluding steroid dienone is 1. The van der Waals surface area contributed by atoms with Gasteiger partial charge < -0.3 is 4.74 Å². The Morgan fingerprint density at radius 1 is 1.27 bits per heavy atom. The summed E-state index contributed by atoms with van der Waals surface area (Å²) in [5.41, 5.74) is 3.89. The smallest absolute Gasteiger partial charge is 0.122 e. The van der Waals surface area contributed by atoms with Gasteiger partial charge in [0.15, 0.2) is 0 Å². The standard InChI is InChI=1S/C14H18O/c1-10-4-9-14(15-3)11(2)13(10)8-7-12-5-6-12/h4,7-9,12H,5-6H2,1-3H3/b8-7-. The minimum atomic E-state index is 0.829. The molecule has 0 heterocycles. The molecule has 0 saturated heterocycles. The van der Waals surface area contributed by atoms with Crippen molar-refractivity contribution in [2.75, 3.05) is 7.11 Å². The van der Waals surface area contributed by atoms with Gasteiger partial charge in [0.2, 0.25) is 0 Å². The lowest BCUT2D eigenvalue weighted by Crippen LogP contribution is -1.92.